The topological polar surface area (TPSA) is 12.0 Å². The molecule has 18 heavy (non-hydrogen) atoms. The third-order valence-corrected chi connectivity index (χ3v) is 4.50. The van der Waals surface area contributed by atoms with Gasteiger partial charge in [0.15, 0.2) is 0 Å². The predicted octanol–water partition coefficient (Wildman–Crippen LogP) is 4.88. The number of nitrogens with one attached hydrogen (secondary N) is 1. The minimum Gasteiger partial charge on any atom is -0.310 e. The van der Waals surface area contributed by atoms with Crippen molar-refractivity contribution in [2.24, 2.45) is 5.92 Å². The molecule has 0 aliphatic heterocycles. The fraction of sp³-hybridized carbons (Fsp3) is 0.625. The van der Waals surface area contributed by atoms with Crippen LogP contribution in [0.15, 0.2) is 18.2 Å². The summed E-state index contributed by atoms with van der Waals surface area (Å²) in [5.74, 6) is 0.907. The summed E-state index contributed by atoms with van der Waals surface area (Å²) in [6.07, 6.45) is 6.93. The lowest BCUT2D eigenvalue weighted by Gasteiger charge is -2.22. The fourth-order valence-electron chi connectivity index (χ4n) is 3.05. The van der Waals surface area contributed by atoms with E-state index in [0.717, 1.165) is 17.5 Å². The first-order valence-electron chi connectivity index (χ1n) is 7.20. The van der Waals surface area contributed by atoms with Gasteiger partial charge in [-0.3, -0.25) is 0 Å². The Balaban J connectivity index is 2.09. The summed E-state index contributed by atoms with van der Waals surface area (Å²) in [6.45, 7) is 5.30. The highest BCUT2D eigenvalue weighted by Gasteiger charge is 2.21. The van der Waals surface area contributed by atoms with E-state index in [1.165, 1.54) is 43.2 Å². The molecule has 1 aliphatic carbocycles. The molecule has 0 bridgehead atoms. The predicted molar refractivity (Wildman–Crippen MR) is 79.2 cm³/mol. The van der Waals surface area contributed by atoms with Crippen LogP contribution in [0.4, 0.5) is 0 Å². The van der Waals surface area contributed by atoms with Crippen molar-refractivity contribution in [2.45, 2.75) is 52.0 Å². The van der Waals surface area contributed by atoms with Gasteiger partial charge >= 0.3 is 0 Å². The van der Waals surface area contributed by atoms with Crippen molar-refractivity contribution >= 4 is 11.6 Å². The Morgan fingerprint density at radius 2 is 2.06 bits per heavy atom. The summed E-state index contributed by atoms with van der Waals surface area (Å²) in [5, 5.41) is 4.50. The number of hydrogen-bond donors (Lipinski definition) is 1. The largest absolute Gasteiger partial charge is 0.310 e. The van der Waals surface area contributed by atoms with Gasteiger partial charge in [0.1, 0.15) is 0 Å². The second kappa shape index (κ2) is 6.58. The molecule has 1 fully saturated rings. The first kappa shape index (κ1) is 13.9. The van der Waals surface area contributed by atoms with Gasteiger partial charge in [0, 0.05) is 11.1 Å². The van der Waals surface area contributed by atoms with Gasteiger partial charge in [-0.05, 0) is 43.0 Å². The van der Waals surface area contributed by atoms with Crippen LogP contribution in [0.3, 0.4) is 0 Å². The Morgan fingerprint density at radius 1 is 1.33 bits per heavy atom. The van der Waals surface area contributed by atoms with Gasteiger partial charge < -0.3 is 5.32 Å². The molecule has 0 amide bonds. The van der Waals surface area contributed by atoms with Crippen molar-refractivity contribution in [1.29, 1.82) is 0 Å². The van der Waals surface area contributed by atoms with E-state index >= 15 is 0 Å². The van der Waals surface area contributed by atoms with Crippen LogP contribution >= 0.6 is 11.6 Å². The standard InChI is InChI=1S/C16H24ClN/c1-3-18-16(11-13-6-4-5-7-13)14-8-9-15(17)12(2)10-14/h8-10,13,16,18H,3-7,11H2,1-2H3. The fourth-order valence-corrected chi connectivity index (χ4v) is 3.17. The summed E-state index contributed by atoms with van der Waals surface area (Å²) in [6, 6.07) is 6.95. The molecular weight excluding hydrogens is 242 g/mol. The second-order valence-corrected chi connectivity index (χ2v) is 5.91. The highest BCUT2D eigenvalue weighted by Crippen LogP contribution is 2.33. The zero-order chi connectivity index (χ0) is 13.0. The molecule has 1 atom stereocenters. The molecule has 1 N–H and O–H groups in total. The molecule has 1 saturated carbocycles. The summed E-state index contributed by atoms with van der Waals surface area (Å²) in [4.78, 5) is 0. The summed E-state index contributed by atoms with van der Waals surface area (Å²) >= 11 is 6.11. The Morgan fingerprint density at radius 3 is 2.67 bits per heavy atom. The number of hydrogen-bond acceptors (Lipinski definition) is 1. The quantitative estimate of drug-likeness (QED) is 0.800. The number of aryl methyl sites for hydroxylation is 1. The van der Waals surface area contributed by atoms with Crippen molar-refractivity contribution in [3.8, 4) is 0 Å². The van der Waals surface area contributed by atoms with Crippen LogP contribution in [-0.4, -0.2) is 6.54 Å². The van der Waals surface area contributed by atoms with Crippen LogP contribution in [0.25, 0.3) is 0 Å². The Hall–Kier alpha value is -0.530. The zero-order valence-electron chi connectivity index (χ0n) is 11.5. The van der Waals surface area contributed by atoms with E-state index < -0.39 is 0 Å². The Labute approximate surface area is 116 Å². The van der Waals surface area contributed by atoms with Crippen LogP contribution in [0.1, 0.15) is 56.2 Å². The molecule has 0 aromatic heterocycles. The van der Waals surface area contributed by atoms with E-state index in [0.29, 0.717) is 6.04 Å². The molecule has 1 aromatic carbocycles. The molecule has 0 radical (unpaired) electrons. The van der Waals surface area contributed by atoms with Crippen molar-refractivity contribution in [3.05, 3.63) is 34.3 Å². The molecule has 1 aromatic rings. The van der Waals surface area contributed by atoms with E-state index in [4.69, 9.17) is 11.6 Å². The minimum atomic E-state index is 0.495. The van der Waals surface area contributed by atoms with Crippen LogP contribution in [0.5, 0.6) is 0 Å². The molecule has 0 spiro atoms. The number of rotatable bonds is 5. The average Bonchev–Trinajstić information content (AvgIpc) is 2.85. The molecule has 1 nitrogen and oxygen atoms in total. The van der Waals surface area contributed by atoms with Crippen LogP contribution < -0.4 is 5.32 Å². The van der Waals surface area contributed by atoms with Gasteiger partial charge in [0.2, 0.25) is 0 Å². The third kappa shape index (κ3) is 3.49. The van der Waals surface area contributed by atoms with E-state index in [9.17, 15) is 0 Å². The van der Waals surface area contributed by atoms with E-state index in [1.807, 2.05) is 6.07 Å². The molecule has 1 unspecified atom stereocenters. The molecule has 0 heterocycles. The third-order valence-electron chi connectivity index (χ3n) is 4.08. The summed E-state index contributed by atoms with van der Waals surface area (Å²) in [5.41, 5.74) is 2.58. The zero-order valence-corrected chi connectivity index (χ0v) is 12.3. The monoisotopic (exact) mass is 265 g/mol. The van der Waals surface area contributed by atoms with Crippen LogP contribution in [0, 0.1) is 12.8 Å². The summed E-state index contributed by atoms with van der Waals surface area (Å²) in [7, 11) is 0. The normalized spacial score (nSPS) is 18.2. The molecular formula is C16H24ClN. The first-order chi connectivity index (χ1) is 8.70. The first-order valence-corrected chi connectivity index (χ1v) is 7.58. The van der Waals surface area contributed by atoms with Crippen molar-refractivity contribution < 1.29 is 0 Å². The van der Waals surface area contributed by atoms with Gasteiger partial charge in [-0.2, -0.15) is 0 Å². The minimum absolute atomic E-state index is 0.495. The molecule has 100 valence electrons. The van der Waals surface area contributed by atoms with E-state index in [1.54, 1.807) is 0 Å². The second-order valence-electron chi connectivity index (χ2n) is 5.51. The van der Waals surface area contributed by atoms with E-state index in [-0.39, 0.29) is 0 Å². The van der Waals surface area contributed by atoms with Gasteiger partial charge in [0.25, 0.3) is 0 Å². The van der Waals surface area contributed by atoms with Gasteiger partial charge in [-0.1, -0.05) is 56.3 Å². The van der Waals surface area contributed by atoms with Crippen LogP contribution in [-0.2, 0) is 0 Å². The van der Waals surface area contributed by atoms with Gasteiger partial charge in [0.05, 0.1) is 0 Å². The van der Waals surface area contributed by atoms with Crippen molar-refractivity contribution in [1.82, 2.24) is 5.32 Å². The lowest BCUT2D eigenvalue weighted by molar-refractivity contribution is 0.400. The molecule has 2 heteroatoms. The summed E-state index contributed by atoms with van der Waals surface area (Å²) < 4.78 is 0. The lowest BCUT2D eigenvalue weighted by atomic mass is 9.93. The number of halogens is 1. The molecule has 2 rings (SSSR count). The molecule has 0 saturated heterocycles. The Kier molecular flexibility index (Phi) is 5.08. The highest BCUT2D eigenvalue weighted by atomic mass is 35.5. The van der Waals surface area contributed by atoms with Crippen molar-refractivity contribution in [3.63, 3.8) is 0 Å². The van der Waals surface area contributed by atoms with E-state index in [2.05, 4.69) is 31.3 Å². The highest BCUT2D eigenvalue weighted by molar-refractivity contribution is 6.31. The maximum atomic E-state index is 6.11. The van der Waals surface area contributed by atoms with Gasteiger partial charge in [-0.25, -0.2) is 0 Å². The smallest absolute Gasteiger partial charge is 0.0435 e. The average molecular weight is 266 g/mol. The maximum absolute atomic E-state index is 6.11. The molecule has 1 aliphatic rings. The van der Waals surface area contributed by atoms with Crippen LogP contribution in [0.2, 0.25) is 5.02 Å². The van der Waals surface area contributed by atoms with Gasteiger partial charge in [-0.15, -0.1) is 0 Å². The SMILES string of the molecule is CCNC(CC1CCCC1)c1ccc(Cl)c(C)c1. The maximum Gasteiger partial charge on any atom is 0.0435 e. The van der Waals surface area contributed by atoms with Crippen molar-refractivity contribution in [2.75, 3.05) is 6.54 Å². The lowest BCUT2D eigenvalue weighted by Crippen LogP contribution is -2.23. The number of benzene rings is 1. The Bertz CT molecular complexity index is 383.